The Morgan fingerprint density at radius 1 is 1.24 bits per heavy atom. The molecule has 1 unspecified atom stereocenters. The molecule has 0 saturated carbocycles. The third-order valence-corrected chi connectivity index (χ3v) is 3.00. The SMILES string of the molecule is COC(=O)C(Cc1ccc(OC(C)C)c(O)c1)NC(=O)OC(C)(C)C. The van der Waals surface area contributed by atoms with Crippen molar-refractivity contribution in [1.29, 1.82) is 0 Å². The second-order valence-corrected chi connectivity index (χ2v) is 6.89. The summed E-state index contributed by atoms with van der Waals surface area (Å²) in [5.74, 6) is -0.284. The van der Waals surface area contributed by atoms with Crippen LogP contribution in [0.5, 0.6) is 11.5 Å². The molecular formula is C18H27NO6. The average Bonchev–Trinajstić information content (AvgIpc) is 2.46. The first-order valence-corrected chi connectivity index (χ1v) is 8.07. The summed E-state index contributed by atoms with van der Waals surface area (Å²) in [6.45, 7) is 8.89. The number of methoxy groups -OCH3 is 1. The fourth-order valence-electron chi connectivity index (χ4n) is 2.06. The minimum Gasteiger partial charge on any atom is -0.504 e. The largest absolute Gasteiger partial charge is 0.504 e. The summed E-state index contributed by atoms with van der Waals surface area (Å²) in [4.78, 5) is 23.8. The molecule has 1 rings (SSSR count). The molecule has 0 spiro atoms. The monoisotopic (exact) mass is 353 g/mol. The van der Waals surface area contributed by atoms with Crippen LogP contribution in [0.1, 0.15) is 40.2 Å². The third-order valence-electron chi connectivity index (χ3n) is 3.00. The van der Waals surface area contributed by atoms with Crippen LogP contribution in [0.4, 0.5) is 4.79 Å². The lowest BCUT2D eigenvalue weighted by atomic mass is 10.1. The number of phenols is 1. The molecule has 1 aromatic carbocycles. The number of aromatic hydroxyl groups is 1. The maximum absolute atomic E-state index is 11.9. The third kappa shape index (κ3) is 7.32. The van der Waals surface area contributed by atoms with Gasteiger partial charge in [-0.05, 0) is 52.3 Å². The molecule has 0 aliphatic rings. The van der Waals surface area contributed by atoms with Crippen LogP contribution in [-0.2, 0) is 20.7 Å². The quantitative estimate of drug-likeness (QED) is 0.764. The molecule has 1 atom stereocenters. The zero-order chi connectivity index (χ0) is 19.2. The summed E-state index contributed by atoms with van der Waals surface area (Å²) in [6.07, 6.45) is -0.651. The Morgan fingerprint density at radius 3 is 2.36 bits per heavy atom. The molecule has 0 fully saturated rings. The van der Waals surface area contributed by atoms with Gasteiger partial charge >= 0.3 is 12.1 Å². The number of rotatable bonds is 6. The van der Waals surface area contributed by atoms with Gasteiger partial charge < -0.3 is 24.6 Å². The second kappa shape index (κ2) is 8.60. The number of hydrogen-bond acceptors (Lipinski definition) is 6. The van der Waals surface area contributed by atoms with Crippen molar-refractivity contribution in [1.82, 2.24) is 5.32 Å². The van der Waals surface area contributed by atoms with E-state index >= 15 is 0 Å². The van der Waals surface area contributed by atoms with Crippen molar-refractivity contribution < 1.29 is 28.9 Å². The smallest absolute Gasteiger partial charge is 0.408 e. The fourth-order valence-corrected chi connectivity index (χ4v) is 2.06. The van der Waals surface area contributed by atoms with E-state index in [-0.39, 0.29) is 18.3 Å². The summed E-state index contributed by atoms with van der Waals surface area (Å²) in [5, 5.41) is 12.5. The summed E-state index contributed by atoms with van der Waals surface area (Å²) < 4.78 is 15.3. The molecule has 0 saturated heterocycles. The van der Waals surface area contributed by atoms with Gasteiger partial charge in [0.25, 0.3) is 0 Å². The fraction of sp³-hybridized carbons (Fsp3) is 0.556. The first-order chi connectivity index (χ1) is 11.5. The molecule has 25 heavy (non-hydrogen) atoms. The predicted octanol–water partition coefficient (Wildman–Crippen LogP) is 2.79. The highest BCUT2D eigenvalue weighted by Crippen LogP contribution is 2.28. The Kier molecular flexibility index (Phi) is 7.09. The van der Waals surface area contributed by atoms with Crippen molar-refractivity contribution in [2.75, 3.05) is 7.11 Å². The molecule has 1 amide bonds. The van der Waals surface area contributed by atoms with Crippen LogP contribution in [0.15, 0.2) is 18.2 Å². The van der Waals surface area contributed by atoms with Gasteiger partial charge in [0.05, 0.1) is 13.2 Å². The zero-order valence-corrected chi connectivity index (χ0v) is 15.6. The molecule has 0 radical (unpaired) electrons. The standard InChI is InChI=1S/C18H27NO6/c1-11(2)24-15-8-7-12(10-14(15)20)9-13(16(21)23-6)19-17(22)25-18(3,4)5/h7-8,10-11,13,20H,9H2,1-6H3,(H,19,22). The first kappa shape index (κ1) is 20.6. The Hall–Kier alpha value is -2.44. The average molecular weight is 353 g/mol. The van der Waals surface area contributed by atoms with Gasteiger partial charge in [0.1, 0.15) is 11.6 Å². The van der Waals surface area contributed by atoms with Gasteiger partial charge in [0.2, 0.25) is 0 Å². The Labute approximate surface area is 148 Å². The summed E-state index contributed by atoms with van der Waals surface area (Å²) in [7, 11) is 1.24. The van der Waals surface area contributed by atoms with Crippen molar-refractivity contribution in [3.05, 3.63) is 23.8 Å². The molecule has 0 heterocycles. The number of carbonyl (C=O) groups is 2. The van der Waals surface area contributed by atoms with Gasteiger partial charge in [-0.2, -0.15) is 0 Å². The first-order valence-electron chi connectivity index (χ1n) is 8.07. The van der Waals surface area contributed by atoms with Crippen molar-refractivity contribution in [2.45, 2.75) is 58.8 Å². The maximum Gasteiger partial charge on any atom is 0.408 e. The highest BCUT2D eigenvalue weighted by Gasteiger charge is 2.25. The highest BCUT2D eigenvalue weighted by molar-refractivity contribution is 5.81. The van der Waals surface area contributed by atoms with E-state index in [4.69, 9.17) is 14.2 Å². The number of nitrogens with one attached hydrogen (secondary N) is 1. The molecule has 0 aliphatic carbocycles. The van der Waals surface area contributed by atoms with E-state index in [0.717, 1.165) is 0 Å². The molecule has 0 aliphatic heterocycles. The molecular weight excluding hydrogens is 326 g/mol. The minimum atomic E-state index is -0.934. The lowest BCUT2D eigenvalue weighted by Crippen LogP contribution is -2.45. The van der Waals surface area contributed by atoms with Gasteiger partial charge in [-0.1, -0.05) is 6.07 Å². The van der Waals surface area contributed by atoms with E-state index in [2.05, 4.69) is 5.32 Å². The summed E-state index contributed by atoms with van der Waals surface area (Å²) >= 11 is 0. The molecule has 7 heteroatoms. The number of phenolic OH excluding ortho intramolecular Hbond substituents is 1. The van der Waals surface area contributed by atoms with Crippen molar-refractivity contribution in [2.24, 2.45) is 0 Å². The lowest BCUT2D eigenvalue weighted by molar-refractivity contribution is -0.143. The summed E-state index contributed by atoms with van der Waals surface area (Å²) in [5.41, 5.74) is -0.0427. The molecule has 0 bridgehead atoms. The number of amides is 1. The number of ether oxygens (including phenoxy) is 3. The van der Waals surface area contributed by atoms with E-state index in [1.807, 2.05) is 13.8 Å². The van der Waals surface area contributed by atoms with E-state index in [1.54, 1.807) is 32.9 Å². The van der Waals surface area contributed by atoms with Gasteiger partial charge in [-0.3, -0.25) is 0 Å². The van der Waals surface area contributed by atoms with Crippen molar-refractivity contribution in [3.63, 3.8) is 0 Å². The molecule has 2 N–H and O–H groups in total. The Balaban J connectivity index is 2.87. The van der Waals surface area contributed by atoms with Gasteiger partial charge in [-0.15, -0.1) is 0 Å². The highest BCUT2D eigenvalue weighted by atomic mass is 16.6. The molecule has 0 aromatic heterocycles. The maximum atomic E-state index is 11.9. The predicted molar refractivity (Wildman–Crippen MR) is 92.7 cm³/mol. The number of carbonyl (C=O) groups excluding carboxylic acids is 2. The van der Waals surface area contributed by atoms with Crippen molar-refractivity contribution >= 4 is 12.1 Å². The molecule has 1 aromatic rings. The van der Waals surface area contributed by atoms with Crippen LogP contribution in [-0.4, -0.2) is 42.0 Å². The Bertz CT molecular complexity index is 606. The van der Waals surface area contributed by atoms with Crippen LogP contribution in [0.3, 0.4) is 0 Å². The van der Waals surface area contributed by atoms with E-state index in [0.29, 0.717) is 11.3 Å². The van der Waals surface area contributed by atoms with Crippen LogP contribution >= 0.6 is 0 Å². The lowest BCUT2D eigenvalue weighted by Gasteiger charge is -2.22. The normalized spacial score (nSPS) is 12.4. The number of hydrogen-bond donors (Lipinski definition) is 2. The van der Waals surface area contributed by atoms with Gasteiger partial charge in [0.15, 0.2) is 11.5 Å². The van der Waals surface area contributed by atoms with Gasteiger partial charge in [0, 0.05) is 6.42 Å². The summed E-state index contributed by atoms with van der Waals surface area (Å²) in [6, 6.07) is 3.89. The van der Waals surface area contributed by atoms with Gasteiger partial charge in [-0.25, -0.2) is 9.59 Å². The number of esters is 1. The van der Waals surface area contributed by atoms with Crippen LogP contribution in [0.2, 0.25) is 0 Å². The molecule has 7 nitrogen and oxygen atoms in total. The Morgan fingerprint density at radius 2 is 1.88 bits per heavy atom. The van der Waals surface area contributed by atoms with Crippen LogP contribution in [0, 0.1) is 0 Å². The topological polar surface area (TPSA) is 94.1 Å². The molecule has 140 valence electrons. The zero-order valence-electron chi connectivity index (χ0n) is 15.6. The van der Waals surface area contributed by atoms with E-state index in [1.165, 1.54) is 13.2 Å². The minimum absolute atomic E-state index is 0.0351. The van der Waals surface area contributed by atoms with E-state index < -0.39 is 23.7 Å². The number of benzene rings is 1. The second-order valence-electron chi connectivity index (χ2n) is 6.89. The van der Waals surface area contributed by atoms with E-state index in [9.17, 15) is 14.7 Å². The van der Waals surface area contributed by atoms with Crippen LogP contribution in [0.25, 0.3) is 0 Å². The van der Waals surface area contributed by atoms with Crippen LogP contribution < -0.4 is 10.1 Å². The van der Waals surface area contributed by atoms with Crippen molar-refractivity contribution in [3.8, 4) is 11.5 Å². The number of alkyl carbamates (subject to hydrolysis) is 1.